The molecule has 0 aliphatic carbocycles. The third kappa shape index (κ3) is 4.20. The van der Waals surface area contributed by atoms with Crippen LogP contribution in [-0.2, 0) is 14.8 Å². The summed E-state index contributed by atoms with van der Waals surface area (Å²) in [6, 6.07) is 19.3. The van der Waals surface area contributed by atoms with Crippen molar-refractivity contribution < 1.29 is 17.6 Å². The average molecular weight is 443 g/mol. The number of amides is 1. The van der Waals surface area contributed by atoms with Crippen LogP contribution in [0.5, 0.6) is 0 Å². The molecule has 1 N–H and O–H groups in total. The number of thioether (sulfide) groups is 1. The Morgan fingerprint density at radius 3 is 2.50 bits per heavy atom. The first-order valence-electron chi connectivity index (χ1n) is 9.22. The van der Waals surface area contributed by atoms with Gasteiger partial charge in [-0.05, 0) is 66.6 Å². The van der Waals surface area contributed by atoms with Gasteiger partial charge >= 0.3 is 0 Å². The second-order valence-corrected chi connectivity index (χ2v) is 9.70. The van der Waals surface area contributed by atoms with Crippen LogP contribution >= 0.6 is 11.8 Å². The number of nitrogens with one attached hydrogen (secondary N) is 1. The van der Waals surface area contributed by atoms with Gasteiger partial charge in [-0.15, -0.1) is 11.8 Å². The molecular weight excluding hydrogens is 423 g/mol. The largest absolute Gasteiger partial charge is 0.295 e. The Bertz CT molecular complexity index is 1200. The van der Waals surface area contributed by atoms with E-state index in [2.05, 4.69) is 4.72 Å². The van der Waals surface area contributed by atoms with Crippen molar-refractivity contribution in [1.82, 2.24) is 0 Å². The maximum atomic E-state index is 13.1. The highest BCUT2D eigenvalue weighted by atomic mass is 32.2. The van der Waals surface area contributed by atoms with Crippen molar-refractivity contribution in [3.8, 4) is 0 Å². The monoisotopic (exact) mass is 442 g/mol. The minimum absolute atomic E-state index is 0.00731. The first kappa shape index (κ1) is 20.4. The second kappa shape index (κ2) is 8.12. The van der Waals surface area contributed by atoms with E-state index < -0.39 is 15.8 Å². The van der Waals surface area contributed by atoms with Crippen LogP contribution < -0.4 is 9.62 Å². The normalized spacial score (nSPS) is 16.7. The smallest absolute Gasteiger partial charge is 0.261 e. The molecule has 3 aromatic rings. The maximum Gasteiger partial charge on any atom is 0.261 e. The lowest BCUT2D eigenvalue weighted by Crippen LogP contribution is -2.27. The van der Waals surface area contributed by atoms with Gasteiger partial charge in [0.25, 0.3) is 10.0 Å². The first-order chi connectivity index (χ1) is 14.3. The number of hydrogen-bond donors (Lipinski definition) is 1. The van der Waals surface area contributed by atoms with Gasteiger partial charge in [0.05, 0.1) is 10.6 Å². The lowest BCUT2D eigenvalue weighted by molar-refractivity contribution is -0.115. The summed E-state index contributed by atoms with van der Waals surface area (Å²) < 4.78 is 40.9. The summed E-state index contributed by atoms with van der Waals surface area (Å²) in [5.41, 5.74) is 3.05. The van der Waals surface area contributed by atoms with Crippen LogP contribution in [0.4, 0.5) is 15.8 Å². The fraction of sp³-hybridized carbons (Fsp3) is 0.136. The van der Waals surface area contributed by atoms with E-state index >= 15 is 0 Å². The molecule has 8 heteroatoms. The molecule has 1 aliphatic heterocycles. The predicted molar refractivity (Wildman–Crippen MR) is 118 cm³/mol. The molecule has 5 nitrogen and oxygen atoms in total. The topological polar surface area (TPSA) is 66.5 Å². The molecule has 0 bridgehead atoms. The van der Waals surface area contributed by atoms with Gasteiger partial charge < -0.3 is 0 Å². The fourth-order valence-electron chi connectivity index (χ4n) is 3.31. The van der Waals surface area contributed by atoms with E-state index in [4.69, 9.17) is 0 Å². The van der Waals surface area contributed by atoms with E-state index in [-0.39, 0.29) is 16.2 Å². The lowest BCUT2D eigenvalue weighted by Gasteiger charge is -2.25. The Kier molecular flexibility index (Phi) is 5.53. The van der Waals surface area contributed by atoms with E-state index in [0.29, 0.717) is 11.4 Å². The molecule has 1 saturated heterocycles. The molecule has 3 aromatic carbocycles. The summed E-state index contributed by atoms with van der Waals surface area (Å²) in [6.45, 7) is 1.97. The first-order valence-corrected chi connectivity index (χ1v) is 11.8. The summed E-state index contributed by atoms with van der Waals surface area (Å²) in [6.07, 6.45) is 0. The number of halogens is 1. The zero-order valence-corrected chi connectivity index (χ0v) is 17.7. The summed E-state index contributed by atoms with van der Waals surface area (Å²) in [5, 5.41) is -0.255. The molecule has 0 radical (unpaired) electrons. The van der Waals surface area contributed by atoms with Crippen LogP contribution in [0.15, 0.2) is 77.7 Å². The Labute approximate surface area is 179 Å². The minimum Gasteiger partial charge on any atom is -0.295 e. The van der Waals surface area contributed by atoms with E-state index in [1.165, 1.54) is 23.9 Å². The van der Waals surface area contributed by atoms with Crippen LogP contribution in [0, 0.1) is 12.7 Å². The fourth-order valence-corrected chi connectivity index (χ4v) is 5.53. The SMILES string of the molecule is Cc1cccc(N2C(=O)CS[C@H]2c2cccc(NS(=O)(=O)c3ccc(F)cc3)c2)c1. The van der Waals surface area contributed by atoms with Crippen molar-refractivity contribution in [3.05, 3.63) is 89.7 Å². The second-order valence-electron chi connectivity index (χ2n) is 6.95. The predicted octanol–water partition coefficient (Wildman–Crippen LogP) is 4.71. The van der Waals surface area contributed by atoms with Gasteiger partial charge in [0.15, 0.2) is 0 Å². The molecule has 154 valence electrons. The lowest BCUT2D eigenvalue weighted by atomic mass is 10.1. The van der Waals surface area contributed by atoms with Crippen LogP contribution in [0.1, 0.15) is 16.5 Å². The van der Waals surface area contributed by atoms with Crippen molar-refractivity contribution in [1.29, 1.82) is 0 Å². The Morgan fingerprint density at radius 1 is 1.03 bits per heavy atom. The molecule has 1 atom stereocenters. The third-order valence-corrected chi connectivity index (χ3v) is 7.31. The van der Waals surface area contributed by atoms with Gasteiger partial charge in [0.1, 0.15) is 11.2 Å². The summed E-state index contributed by atoms with van der Waals surface area (Å²) in [4.78, 5) is 14.3. The molecule has 1 fully saturated rings. The molecule has 0 unspecified atom stereocenters. The van der Waals surface area contributed by atoms with E-state index in [0.717, 1.165) is 28.9 Å². The summed E-state index contributed by atoms with van der Waals surface area (Å²) in [5.74, 6) is -0.146. The van der Waals surface area contributed by atoms with Crippen LogP contribution in [0.2, 0.25) is 0 Å². The van der Waals surface area contributed by atoms with E-state index in [1.54, 1.807) is 23.1 Å². The zero-order valence-electron chi connectivity index (χ0n) is 16.1. The van der Waals surface area contributed by atoms with Crippen molar-refractivity contribution in [2.45, 2.75) is 17.2 Å². The third-order valence-electron chi connectivity index (χ3n) is 4.70. The van der Waals surface area contributed by atoms with Crippen LogP contribution in [0.25, 0.3) is 0 Å². The average Bonchev–Trinajstić information content (AvgIpc) is 3.10. The molecule has 1 heterocycles. The molecule has 4 rings (SSSR count). The Balaban J connectivity index is 1.63. The zero-order chi connectivity index (χ0) is 21.3. The molecule has 0 aromatic heterocycles. The van der Waals surface area contributed by atoms with Crippen molar-refractivity contribution in [3.63, 3.8) is 0 Å². The van der Waals surface area contributed by atoms with Gasteiger partial charge in [-0.3, -0.25) is 14.4 Å². The van der Waals surface area contributed by atoms with E-state index in [1.807, 2.05) is 37.3 Å². The molecule has 1 amide bonds. The van der Waals surface area contributed by atoms with Crippen molar-refractivity contribution in [2.75, 3.05) is 15.4 Å². The van der Waals surface area contributed by atoms with Gasteiger partial charge in [0.2, 0.25) is 5.91 Å². The number of carbonyl (C=O) groups is 1. The molecule has 0 spiro atoms. The van der Waals surface area contributed by atoms with Crippen LogP contribution in [-0.4, -0.2) is 20.1 Å². The van der Waals surface area contributed by atoms with Crippen molar-refractivity contribution >= 4 is 39.1 Å². The Hall–Kier alpha value is -2.84. The molecule has 30 heavy (non-hydrogen) atoms. The number of carbonyl (C=O) groups excluding carboxylic acids is 1. The quantitative estimate of drug-likeness (QED) is 0.621. The summed E-state index contributed by atoms with van der Waals surface area (Å²) >= 11 is 1.49. The maximum absolute atomic E-state index is 13.1. The number of anilines is 2. The minimum atomic E-state index is -3.86. The van der Waals surface area contributed by atoms with Crippen LogP contribution in [0.3, 0.4) is 0 Å². The van der Waals surface area contributed by atoms with Gasteiger partial charge in [-0.1, -0.05) is 24.3 Å². The molecule has 1 aliphatic rings. The standard InChI is InChI=1S/C22H19FN2O3S2/c1-15-4-2-7-19(12-15)25-21(26)14-29-22(25)16-5-3-6-18(13-16)24-30(27,28)20-10-8-17(23)9-11-20/h2-13,22,24H,14H2,1H3/t22-/m0/s1. The number of sulfonamides is 1. The summed E-state index contributed by atoms with van der Waals surface area (Å²) in [7, 11) is -3.86. The van der Waals surface area contributed by atoms with Gasteiger partial charge in [0, 0.05) is 11.4 Å². The number of rotatable bonds is 5. The molecule has 0 saturated carbocycles. The van der Waals surface area contributed by atoms with Gasteiger partial charge in [-0.2, -0.15) is 0 Å². The van der Waals surface area contributed by atoms with Gasteiger partial charge in [-0.25, -0.2) is 12.8 Å². The molecular formula is C22H19FN2O3S2. The highest BCUT2D eigenvalue weighted by Gasteiger charge is 2.34. The van der Waals surface area contributed by atoms with E-state index in [9.17, 15) is 17.6 Å². The number of hydrogen-bond acceptors (Lipinski definition) is 4. The highest BCUT2D eigenvalue weighted by Crippen LogP contribution is 2.42. The number of nitrogens with zero attached hydrogens (tertiary/aromatic N) is 1. The Morgan fingerprint density at radius 2 is 1.77 bits per heavy atom. The highest BCUT2D eigenvalue weighted by molar-refractivity contribution is 8.00. The number of benzene rings is 3. The van der Waals surface area contributed by atoms with Crippen molar-refractivity contribution in [2.24, 2.45) is 0 Å². The number of aryl methyl sites for hydroxylation is 1.